The molecule has 1 saturated carbocycles. The van der Waals surface area contributed by atoms with Gasteiger partial charge in [-0.3, -0.25) is 0 Å². The molecular weight excluding hydrogens is 266 g/mol. The molecule has 0 unspecified atom stereocenters. The van der Waals surface area contributed by atoms with Gasteiger partial charge in [0.2, 0.25) is 0 Å². The van der Waals surface area contributed by atoms with Gasteiger partial charge in [-0.2, -0.15) is 0 Å². The van der Waals surface area contributed by atoms with Crippen LogP contribution >= 0.6 is 12.2 Å². The molecule has 0 spiro atoms. The van der Waals surface area contributed by atoms with Crippen molar-refractivity contribution in [3.05, 3.63) is 23.9 Å². The van der Waals surface area contributed by atoms with Gasteiger partial charge in [0.05, 0.1) is 0 Å². The van der Waals surface area contributed by atoms with Crippen LogP contribution in [0.15, 0.2) is 18.3 Å². The number of nitrogens with two attached hydrogens (primary N) is 1. The zero-order valence-corrected chi connectivity index (χ0v) is 13.7. The summed E-state index contributed by atoms with van der Waals surface area (Å²) in [5.41, 5.74) is 7.15. The van der Waals surface area contributed by atoms with Crippen molar-refractivity contribution in [1.82, 2.24) is 4.98 Å². The van der Waals surface area contributed by atoms with E-state index < -0.39 is 0 Å². The standard InChI is InChI=1S/C16H25N3S/c1-15(2)7-12(8-16(3,4)10-15)19-13-6-5-11(9-18-13)14(17)20/h5-6,9,12H,7-8,10H2,1-4H3,(H2,17,20)(H,18,19). The number of anilines is 1. The van der Waals surface area contributed by atoms with Gasteiger partial charge in [-0.15, -0.1) is 0 Å². The highest BCUT2D eigenvalue weighted by Gasteiger charge is 2.38. The van der Waals surface area contributed by atoms with Crippen molar-refractivity contribution >= 4 is 23.0 Å². The molecule has 0 aliphatic heterocycles. The van der Waals surface area contributed by atoms with Crippen molar-refractivity contribution in [2.45, 2.75) is 53.0 Å². The van der Waals surface area contributed by atoms with Crippen LogP contribution in [0.4, 0.5) is 5.82 Å². The first kappa shape index (κ1) is 15.2. The number of hydrogen-bond acceptors (Lipinski definition) is 3. The maximum atomic E-state index is 5.59. The first-order valence-electron chi connectivity index (χ1n) is 7.19. The number of rotatable bonds is 3. The van der Waals surface area contributed by atoms with E-state index in [9.17, 15) is 0 Å². The topological polar surface area (TPSA) is 50.9 Å². The van der Waals surface area contributed by atoms with Gasteiger partial charge >= 0.3 is 0 Å². The van der Waals surface area contributed by atoms with Gasteiger partial charge < -0.3 is 11.1 Å². The summed E-state index contributed by atoms with van der Waals surface area (Å²) < 4.78 is 0. The minimum atomic E-state index is 0.373. The Morgan fingerprint density at radius 3 is 2.30 bits per heavy atom. The number of aromatic nitrogens is 1. The summed E-state index contributed by atoms with van der Waals surface area (Å²) in [6.07, 6.45) is 5.36. The molecule has 0 bridgehead atoms. The van der Waals surface area contributed by atoms with Gasteiger partial charge in [-0.25, -0.2) is 4.98 Å². The van der Waals surface area contributed by atoms with Gasteiger partial charge in [0.15, 0.2) is 0 Å². The highest BCUT2D eigenvalue weighted by Crippen LogP contribution is 2.46. The summed E-state index contributed by atoms with van der Waals surface area (Å²) in [5.74, 6) is 0.906. The second kappa shape index (κ2) is 5.32. The Kier molecular flexibility index (Phi) is 4.05. The van der Waals surface area contributed by atoms with Crippen molar-refractivity contribution in [3.63, 3.8) is 0 Å². The summed E-state index contributed by atoms with van der Waals surface area (Å²) in [6.45, 7) is 9.41. The van der Waals surface area contributed by atoms with Crippen LogP contribution in [0.1, 0.15) is 52.5 Å². The summed E-state index contributed by atoms with van der Waals surface area (Å²) in [4.78, 5) is 4.80. The smallest absolute Gasteiger partial charge is 0.126 e. The third-order valence-corrected chi connectivity index (χ3v) is 4.19. The fraction of sp³-hybridized carbons (Fsp3) is 0.625. The average molecular weight is 291 g/mol. The maximum Gasteiger partial charge on any atom is 0.126 e. The quantitative estimate of drug-likeness (QED) is 0.833. The van der Waals surface area contributed by atoms with Crippen LogP contribution in [0.2, 0.25) is 0 Å². The van der Waals surface area contributed by atoms with Crippen molar-refractivity contribution in [2.75, 3.05) is 5.32 Å². The maximum absolute atomic E-state index is 5.59. The van der Waals surface area contributed by atoms with Gasteiger partial charge in [0.1, 0.15) is 10.8 Å². The molecule has 1 aromatic heterocycles. The molecule has 1 heterocycles. The van der Waals surface area contributed by atoms with Crippen LogP contribution in [-0.2, 0) is 0 Å². The molecule has 1 aliphatic carbocycles. The first-order valence-corrected chi connectivity index (χ1v) is 7.60. The molecule has 2 rings (SSSR count). The van der Waals surface area contributed by atoms with Crippen molar-refractivity contribution in [2.24, 2.45) is 16.6 Å². The fourth-order valence-corrected chi connectivity index (χ4v) is 3.90. The Morgan fingerprint density at radius 1 is 1.25 bits per heavy atom. The monoisotopic (exact) mass is 291 g/mol. The lowest BCUT2D eigenvalue weighted by Gasteiger charge is -2.45. The van der Waals surface area contributed by atoms with E-state index in [1.165, 1.54) is 19.3 Å². The number of hydrogen-bond donors (Lipinski definition) is 2. The summed E-state index contributed by atoms with van der Waals surface area (Å²) in [7, 11) is 0. The number of nitrogens with zero attached hydrogens (tertiary/aromatic N) is 1. The van der Waals surface area contributed by atoms with Crippen LogP contribution in [0.25, 0.3) is 0 Å². The summed E-state index contributed by atoms with van der Waals surface area (Å²) >= 11 is 4.94. The lowest BCUT2D eigenvalue weighted by atomic mass is 9.63. The Balaban J connectivity index is 2.07. The van der Waals surface area contributed by atoms with Crippen LogP contribution in [0.5, 0.6) is 0 Å². The molecule has 4 heteroatoms. The number of thiocarbonyl (C=S) groups is 1. The lowest BCUT2D eigenvalue weighted by Crippen LogP contribution is -2.40. The zero-order chi connectivity index (χ0) is 15.0. The second-order valence-corrected chi connectivity index (χ2v) is 7.99. The number of nitrogens with one attached hydrogen (secondary N) is 1. The molecule has 1 fully saturated rings. The van der Waals surface area contributed by atoms with E-state index in [4.69, 9.17) is 18.0 Å². The molecule has 0 saturated heterocycles. The molecular formula is C16H25N3S. The van der Waals surface area contributed by atoms with E-state index in [1.807, 2.05) is 12.1 Å². The minimum absolute atomic E-state index is 0.373. The molecule has 0 atom stereocenters. The molecule has 110 valence electrons. The molecule has 1 aliphatic rings. The van der Waals surface area contributed by atoms with Gasteiger partial charge in [-0.1, -0.05) is 39.9 Å². The molecule has 20 heavy (non-hydrogen) atoms. The first-order chi connectivity index (χ1) is 9.17. The van der Waals surface area contributed by atoms with Crippen LogP contribution in [0.3, 0.4) is 0 Å². The van der Waals surface area contributed by atoms with E-state index >= 15 is 0 Å². The van der Waals surface area contributed by atoms with E-state index in [1.54, 1.807) is 6.20 Å². The fourth-order valence-electron chi connectivity index (χ4n) is 3.78. The van der Waals surface area contributed by atoms with E-state index in [2.05, 4.69) is 38.0 Å². The van der Waals surface area contributed by atoms with Crippen LogP contribution < -0.4 is 11.1 Å². The third-order valence-electron chi connectivity index (χ3n) is 3.96. The molecule has 0 radical (unpaired) electrons. The molecule has 3 N–H and O–H groups in total. The molecule has 0 aromatic carbocycles. The van der Waals surface area contributed by atoms with Crippen molar-refractivity contribution < 1.29 is 0 Å². The normalized spacial score (nSPS) is 21.4. The Hall–Kier alpha value is -1.16. The average Bonchev–Trinajstić information content (AvgIpc) is 2.25. The zero-order valence-electron chi connectivity index (χ0n) is 12.9. The van der Waals surface area contributed by atoms with Gasteiger partial charge in [-0.05, 0) is 42.2 Å². The Morgan fingerprint density at radius 2 is 1.85 bits per heavy atom. The highest BCUT2D eigenvalue weighted by molar-refractivity contribution is 7.80. The minimum Gasteiger partial charge on any atom is -0.389 e. The van der Waals surface area contributed by atoms with Crippen molar-refractivity contribution in [3.8, 4) is 0 Å². The Bertz CT molecular complexity index is 475. The molecule has 1 aromatic rings. The van der Waals surface area contributed by atoms with Crippen molar-refractivity contribution in [1.29, 1.82) is 0 Å². The van der Waals surface area contributed by atoms with E-state index in [0.29, 0.717) is 21.9 Å². The number of pyridine rings is 1. The summed E-state index contributed by atoms with van der Waals surface area (Å²) in [5, 5.41) is 3.56. The highest BCUT2D eigenvalue weighted by atomic mass is 32.1. The Labute approximate surface area is 127 Å². The van der Waals surface area contributed by atoms with Crippen LogP contribution in [0, 0.1) is 10.8 Å². The predicted molar refractivity (Wildman–Crippen MR) is 88.9 cm³/mol. The SMILES string of the molecule is CC1(C)CC(Nc2ccc(C(N)=S)cn2)CC(C)(C)C1. The molecule has 3 nitrogen and oxygen atoms in total. The van der Waals surface area contributed by atoms with E-state index in [-0.39, 0.29) is 0 Å². The second-order valence-electron chi connectivity index (χ2n) is 7.55. The van der Waals surface area contributed by atoms with Gasteiger partial charge in [0.25, 0.3) is 0 Å². The van der Waals surface area contributed by atoms with E-state index in [0.717, 1.165) is 11.4 Å². The largest absolute Gasteiger partial charge is 0.389 e. The van der Waals surface area contributed by atoms with Crippen LogP contribution in [-0.4, -0.2) is 16.0 Å². The molecule has 0 amide bonds. The predicted octanol–water partition coefficient (Wildman–Crippen LogP) is 3.73. The summed E-state index contributed by atoms with van der Waals surface area (Å²) in [6, 6.07) is 4.36. The lowest BCUT2D eigenvalue weighted by molar-refractivity contribution is 0.105. The third kappa shape index (κ3) is 3.92. The van der Waals surface area contributed by atoms with Gasteiger partial charge in [0, 0.05) is 17.8 Å².